The molecule has 3 heteroatoms. The van der Waals surface area contributed by atoms with Gasteiger partial charge in [0.15, 0.2) is 0 Å². The van der Waals surface area contributed by atoms with Crippen LogP contribution in [-0.2, 0) is 0 Å². The molecule has 1 rings (SSSR count). The van der Waals surface area contributed by atoms with Gasteiger partial charge in [-0.2, -0.15) is 4.98 Å². The molecule has 0 aliphatic heterocycles. The number of pyridine rings is 1. The maximum absolute atomic E-state index is 5.11. The Labute approximate surface area is 105 Å². The van der Waals surface area contributed by atoms with E-state index in [1.54, 1.807) is 7.11 Å². The van der Waals surface area contributed by atoms with Crippen molar-refractivity contribution in [2.24, 2.45) is 17.8 Å². The molecule has 1 aromatic heterocycles. The monoisotopic (exact) mass is 236 g/mol. The number of ether oxygens (including phenoxy) is 1. The van der Waals surface area contributed by atoms with E-state index < -0.39 is 0 Å². The lowest BCUT2D eigenvalue weighted by atomic mass is 9.85. The van der Waals surface area contributed by atoms with E-state index >= 15 is 0 Å². The first kappa shape index (κ1) is 13.8. The van der Waals surface area contributed by atoms with Crippen LogP contribution in [0.5, 0.6) is 5.88 Å². The summed E-state index contributed by atoms with van der Waals surface area (Å²) in [6.07, 6.45) is 0. The van der Waals surface area contributed by atoms with Crippen molar-refractivity contribution < 1.29 is 4.74 Å². The summed E-state index contributed by atoms with van der Waals surface area (Å²) in [7, 11) is 1.64. The minimum Gasteiger partial charge on any atom is -0.481 e. The Morgan fingerprint density at radius 3 is 2.35 bits per heavy atom. The molecule has 0 saturated carbocycles. The Kier molecular flexibility index (Phi) is 5.26. The van der Waals surface area contributed by atoms with Gasteiger partial charge in [-0.25, -0.2) is 0 Å². The van der Waals surface area contributed by atoms with Gasteiger partial charge < -0.3 is 10.1 Å². The predicted octanol–water partition coefficient (Wildman–Crippen LogP) is 3.43. The smallest absolute Gasteiger partial charge is 0.214 e. The Hall–Kier alpha value is -1.25. The summed E-state index contributed by atoms with van der Waals surface area (Å²) in [6, 6.07) is 5.78. The van der Waals surface area contributed by atoms with E-state index in [2.05, 4.69) is 38.0 Å². The molecule has 17 heavy (non-hydrogen) atoms. The largest absolute Gasteiger partial charge is 0.481 e. The second-order valence-electron chi connectivity index (χ2n) is 5.10. The Bertz CT molecular complexity index is 329. The summed E-state index contributed by atoms with van der Waals surface area (Å²) < 4.78 is 5.11. The normalized spacial score (nSPS) is 11.3. The second kappa shape index (κ2) is 6.48. The number of aromatic nitrogens is 1. The highest BCUT2D eigenvalue weighted by Crippen LogP contribution is 2.21. The van der Waals surface area contributed by atoms with Crippen LogP contribution in [0.4, 0.5) is 5.82 Å². The molecule has 0 unspecified atom stereocenters. The van der Waals surface area contributed by atoms with Gasteiger partial charge in [-0.05, 0) is 23.8 Å². The molecule has 0 amide bonds. The van der Waals surface area contributed by atoms with Gasteiger partial charge in [0.1, 0.15) is 5.82 Å². The van der Waals surface area contributed by atoms with Gasteiger partial charge in [0.25, 0.3) is 0 Å². The molecule has 3 nitrogen and oxygen atoms in total. The topological polar surface area (TPSA) is 34.1 Å². The zero-order chi connectivity index (χ0) is 12.8. The number of anilines is 1. The number of nitrogens with one attached hydrogen (secondary N) is 1. The molecule has 0 saturated heterocycles. The van der Waals surface area contributed by atoms with Gasteiger partial charge in [0, 0.05) is 12.6 Å². The molecule has 1 aromatic rings. The lowest BCUT2D eigenvalue weighted by Gasteiger charge is -2.25. The molecule has 96 valence electrons. The molecule has 0 bridgehead atoms. The third kappa shape index (κ3) is 4.25. The van der Waals surface area contributed by atoms with Gasteiger partial charge in [0.05, 0.1) is 7.11 Å². The maximum atomic E-state index is 5.11. The van der Waals surface area contributed by atoms with Crippen LogP contribution in [-0.4, -0.2) is 18.6 Å². The van der Waals surface area contributed by atoms with Crippen molar-refractivity contribution in [2.75, 3.05) is 19.0 Å². The van der Waals surface area contributed by atoms with Gasteiger partial charge in [-0.15, -0.1) is 0 Å². The molecule has 0 aromatic carbocycles. The minimum absolute atomic E-state index is 0.653. The van der Waals surface area contributed by atoms with Crippen LogP contribution in [0.3, 0.4) is 0 Å². The Balaban J connectivity index is 2.59. The van der Waals surface area contributed by atoms with Crippen molar-refractivity contribution in [3.63, 3.8) is 0 Å². The van der Waals surface area contributed by atoms with Crippen molar-refractivity contribution in [3.8, 4) is 5.88 Å². The van der Waals surface area contributed by atoms with E-state index in [9.17, 15) is 0 Å². The van der Waals surface area contributed by atoms with Crippen LogP contribution in [0.1, 0.15) is 27.7 Å². The standard InChI is InChI=1S/C14H24N2O/c1-10(2)12(11(3)4)9-15-13-7-6-8-14(16-13)17-5/h6-8,10-12H,9H2,1-5H3,(H,15,16). The predicted molar refractivity (Wildman–Crippen MR) is 72.4 cm³/mol. The van der Waals surface area contributed by atoms with Crippen LogP contribution >= 0.6 is 0 Å². The van der Waals surface area contributed by atoms with E-state index in [0.29, 0.717) is 23.6 Å². The second-order valence-corrected chi connectivity index (χ2v) is 5.10. The molecule has 1 N–H and O–H groups in total. The fourth-order valence-electron chi connectivity index (χ4n) is 2.09. The number of rotatable bonds is 6. The molecule has 0 spiro atoms. The first-order chi connectivity index (χ1) is 8.04. The van der Waals surface area contributed by atoms with Crippen molar-refractivity contribution in [2.45, 2.75) is 27.7 Å². The van der Waals surface area contributed by atoms with Gasteiger partial charge in [0.2, 0.25) is 5.88 Å². The van der Waals surface area contributed by atoms with Gasteiger partial charge in [-0.1, -0.05) is 33.8 Å². The van der Waals surface area contributed by atoms with E-state index in [0.717, 1.165) is 12.4 Å². The highest BCUT2D eigenvalue weighted by molar-refractivity contribution is 5.37. The maximum Gasteiger partial charge on any atom is 0.214 e. The SMILES string of the molecule is COc1cccc(NCC(C(C)C)C(C)C)n1. The zero-order valence-corrected chi connectivity index (χ0v) is 11.5. The Morgan fingerprint density at radius 1 is 1.18 bits per heavy atom. The average molecular weight is 236 g/mol. The molecular formula is C14H24N2O. The van der Waals surface area contributed by atoms with Crippen molar-refractivity contribution >= 4 is 5.82 Å². The number of methoxy groups -OCH3 is 1. The van der Waals surface area contributed by atoms with Gasteiger partial charge >= 0.3 is 0 Å². The van der Waals surface area contributed by atoms with Crippen LogP contribution in [0.2, 0.25) is 0 Å². The highest BCUT2D eigenvalue weighted by Gasteiger charge is 2.17. The van der Waals surface area contributed by atoms with Crippen LogP contribution < -0.4 is 10.1 Å². The molecule has 0 aliphatic carbocycles. The summed E-state index contributed by atoms with van der Waals surface area (Å²) in [5, 5.41) is 3.39. The number of nitrogens with zero attached hydrogens (tertiary/aromatic N) is 1. The summed E-state index contributed by atoms with van der Waals surface area (Å²) >= 11 is 0. The summed E-state index contributed by atoms with van der Waals surface area (Å²) in [6.45, 7) is 10.0. The molecule has 0 radical (unpaired) electrons. The Morgan fingerprint density at radius 2 is 1.82 bits per heavy atom. The molecule has 1 heterocycles. The first-order valence-electron chi connectivity index (χ1n) is 6.29. The molecular weight excluding hydrogens is 212 g/mol. The van der Waals surface area contributed by atoms with Crippen molar-refractivity contribution in [3.05, 3.63) is 18.2 Å². The quantitative estimate of drug-likeness (QED) is 0.821. The van der Waals surface area contributed by atoms with E-state index in [4.69, 9.17) is 4.74 Å². The lowest BCUT2D eigenvalue weighted by Crippen LogP contribution is -2.24. The van der Waals surface area contributed by atoms with Crippen LogP contribution in [0.15, 0.2) is 18.2 Å². The first-order valence-corrected chi connectivity index (χ1v) is 6.29. The van der Waals surface area contributed by atoms with E-state index in [-0.39, 0.29) is 0 Å². The fourth-order valence-corrected chi connectivity index (χ4v) is 2.09. The zero-order valence-electron chi connectivity index (χ0n) is 11.5. The minimum atomic E-state index is 0.653. The summed E-state index contributed by atoms with van der Waals surface area (Å²) in [5.74, 6) is 3.54. The van der Waals surface area contributed by atoms with Crippen molar-refractivity contribution in [1.82, 2.24) is 4.98 Å². The van der Waals surface area contributed by atoms with Crippen molar-refractivity contribution in [1.29, 1.82) is 0 Å². The molecule has 0 aliphatic rings. The molecule has 0 atom stereocenters. The third-order valence-corrected chi connectivity index (χ3v) is 3.16. The number of hydrogen-bond donors (Lipinski definition) is 1. The molecule has 0 fully saturated rings. The van der Waals surface area contributed by atoms with E-state index in [1.165, 1.54) is 0 Å². The highest BCUT2D eigenvalue weighted by atomic mass is 16.5. The average Bonchev–Trinajstić information content (AvgIpc) is 2.28. The lowest BCUT2D eigenvalue weighted by molar-refractivity contribution is 0.304. The summed E-state index contributed by atoms with van der Waals surface area (Å²) in [4.78, 5) is 4.35. The van der Waals surface area contributed by atoms with Gasteiger partial charge in [-0.3, -0.25) is 0 Å². The van der Waals surface area contributed by atoms with E-state index in [1.807, 2.05) is 18.2 Å². The summed E-state index contributed by atoms with van der Waals surface area (Å²) in [5.41, 5.74) is 0. The third-order valence-electron chi connectivity index (χ3n) is 3.16. The fraction of sp³-hybridized carbons (Fsp3) is 0.643. The van der Waals surface area contributed by atoms with Crippen LogP contribution in [0, 0.1) is 17.8 Å². The van der Waals surface area contributed by atoms with Crippen LogP contribution in [0.25, 0.3) is 0 Å². The number of hydrogen-bond acceptors (Lipinski definition) is 3.